The summed E-state index contributed by atoms with van der Waals surface area (Å²) in [5.74, 6) is -1.22. The molecular formula is C20H22F2N2O4. The summed E-state index contributed by atoms with van der Waals surface area (Å²) in [6, 6.07) is 9.78. The first-order valence-electron chi connectivity index (χ1n) is 8.64. The molecule has 2 aromatic carbocycles. The van der Waals surface area contributed by atoms with E-state index >= 15 is 0 Å². The van der Waals surface area contributed by atoms with Gasteiger partial charge in [0.15, 0.2) is 0 Å². The highest BCUT2D eigenvalue weighted by Gasteiger charge is 2.14. The predicted molar refractivity (Wildman–Crippen MR) is 99.4 cm³/mol. The lowest BCUT2D eigenvalue weighted by Gasteiger charge is -2.17. The van der Waals surface area contributed by atoms with Crippen molar-refractivity contribution in [2.45, 2.75) is 6.42 Å². The van der Waals surface area contributed by atoms with Crippen LogP contribution in [0.2, 0.25) is 0 Å². The molecule has 0 fully saturated rings. The molecule has 0 atom stereocenters. The number of amides is 2. The summed E-state index contributed by atoms with van der Waals surface area (Å²) in [5, 5.41) is 2.45. The van der Waals surface area contributed by atoms with E-state index in [0.29, 0.717) is 25.0 Å². The number of likely N-dealkylation sites (N-methyl/N-ethyl adjacent to an activating group) is 1. The van der Waals surface area contributed by atoms with Crippen molar-refractivity contribution in [2.24, 2.45) is 0 Å². The third-order valence-electron chi connectivity index (χ3n) is 3.98. The minimum Gasteiger partial charge on any atom is -0.497 e. The Morgan fingerprint density at radius 2 is 1.75 bits per heavy atom. The van der Waals surface area contributed by atoms with Crippen LogP contribution >= 0.6 is 0 Å². The lowest BCUT2D eigenvalue weighted by atomic mass is 10.2. The first-order valence-corrected chi connectivity index (χ1v) is 8.64. The summed E-state index contributed by atoms with van der Waals surface area (Å²) in [4.78, 5) is 25.4. The van der Waals surface area contributed by atoms with Gasteiger partial charge in [0.1, 0.15) is 29.7 Å². The van der Waals surface area contributed by atoms with Gasteiger partial charge < -0.3 is 19.7 Å². The third kappa shape index (κ3) is 6.22. The van der Waals surface area contributed by atoms with Crippen LogP contribution in [-0.2, 0) is 4.79 Å². The van der Waals surface area contributed by atoms with Crippen LogP contribution in [0.1, 0.15) is 16.8 Å². The summed E-state index contributed by atoms with van der Waals surface area (Å²) >= 11 is 0. The molecule has 0 heterocycles. The van der Waals surface area contributed by atoms with E-state index < -0.39 is 17.5 Å². The molecule has 150 valence electrons. The first-order chi connectivity index (χ1) is 13.4. The number of ether oxygens (including phenoxy) is 2. The van der Waals surface area contributed by atoms with Crippen LogP contribution in [0, 0.1) is 11.6 Å². The summed E-state index contributed by atoms with van der Waals surface area (Å²) in [6.45, 7) is 0.714. The fourth-order valence-corrected chi connectivity index (χ4v) is 2.34. The van der Waals surface area contributed by atoms with Gasteiger partial charge in [0.2, 0.25) is 5.91 Å². The number of hydrogen-bond donors (Lipinski definition) is 1. The second-order valence-corrected chi connectivity index (χ2v) is 5.97. The quantitative estimate of drug-likeness (QED) is 0.713. The molecule has 0 radical (unpaired) electrons. The van der Waals surface area contributed by atoms with Gasteiger partial charge in [-0.3, -0.25) is 9.59 Å². The maximum absolute atomic E-state index is 13.5. The zero-order valence-corrected chi connectivity index (χ0v) is 15.7. The molecule has 0 aromatic heterocycles. The summed E-state index contributed by atoms with van der Waals surface area (Å²) < 4.78 is 37.0. The van der Waals surface area contributed by atoms with Crippen molar-refractivity contribution in [3.8, 4) is 11.5 Å². The molecule has 8 heteroatoms. The Morgan fingerprint density at radius 1 is 1.07 bits per heavy atom. The van der Waals surface area contributed by atoms with Crippen molar-refractivity contribution in [1.82, 2.24) is 10.2 Å². The molecule has 0 spiro atoms. The van der Waals surface area contributed by atoms with Gasteiger partial charge in [0.05, 0.1) is 19.2 Å². The van der Waals surface area contributed by atoms with Crippen LogP contribution in [-0.4, -0.2) is 50.6 Å². The Hall–Kier alpha value is -3.16. The van der Waals surface area contributed by atoms with E-state index in [1.165, 1.54) is 4.90 Å². The molecule has 0 aliphatic carbocycles. The Bertz CT molecular complexity index is 812. The number of nitrogens with zero attached hydrogens (tertiary/aromatic N) is 1. The van der Waals surface area contributed by atoms with Gasteiger partial charge in [-0.2, -0.15) is 0 Å². The van der Waals surface area contributed by atoms with Gasteiger partial charge in [-0.1, -0.05) is 0 Å². The molecule has 1 N–H and O–H groups in total. The maximum atomic E-state index is 13.5. The first kappa shape index (κ1) is 21.1. The minimum atomic E-state index is -0.948. The van der Waals surface area contributed by atoms with Gasteiger partial charge in [0, 0.05) is 26.1 Å². The van der Waals surface area contributed by atoms with E-state index in [4.69, 9.17) is 9.47 Å². The zero-order valence-electron chi connectivity index (χ0n) is 15.7. The van der Waals surface area contributed by atoms with Crippen LogP contribution < -0.4 is 14.8 Å². The van der Waals surface area contributed by atoms with Crippen molar-refractivity contribution >= 4 is 11.8 Å². The van der Waals surface area contributed by atoms with Gasteiger partial charge >= 0.3 is 0 Å². The number of hydrogen-bond acceptors (Lipinski definition) is 4. The Balaban J connectivity index is 1.69. The summed E-state index contributed by atoms with van der Waals surface area (Å²) in [5.41, 5.74) is -0.268. The van der Waals surface area contributed by atoms with Gasteiger partial charge in [-0.25, -0.2) is 8.78 Å². The highest BCUT2D eigenvalue weighted by Crippen LogP contribution is 2.16. The standard InChI is InChI=1S/C20H22F2N2O4/c1-24(11-12-28-16-6-4-15(27-2)5-7-16)19(25)9-10-23-20(26)17-8-3-14(21)13-18(17)22/h3-8,13H,9-12H2,1-2H3,(H,23,26). The Labute approximate surface area is 162 Å². The summed E-state index contributed by atoms with van der Waals surface area (Å²) in [6.07, 6.45) is 0.0492. The van der Waals surface area contributed by atoms with Gasteiger partial charge in [0.25, 0.3) is 5.91 Å². The van der Waals surface area contributed by atoms with E-state index in [1.54, 1.807) is 38.4 Å². The van der Waals surface area contributed by atoms with Crippen molar-refractivity contribution < 1.29 is 27.8 Å². The second kappa shape index (κ2) is 10.2. The topological polar surface area (TPSA) is 67.9 Å². The number of rotatable bonds is 9. The fourth-order valence-electron chi connectivity index (χ4n) is 2.34. The molecule has 0 unspecified atom stereocenters. The minimum absolute atomic E-state index is 0.0398. The number of benzene rings is 2. The molecule has 0 bridgehead atoms. The number of carbonyl (C=O) groups excluding carboxylic acids is 2. The molecule has 0 saturated heterocycles. The molecule has 6 nitrogen and oxygen atoms in total. The van der Waals surface area contributed by atoms with Crippen LogP contribution in [0.3, 0.4) is 0 Å². The van der Waals surface area contributed by atoms with E-state index in [1.807, 2.05) is 0 Å². The molecule has 2 rings (SSSR count). The predicted octanol–water partition coefficient (Wildman–Crippen LogP) is 2.63. The maximum Gasteiger partial charge on any atom is 0.254 e. The van der Waals surface area contributed by atoms with E-state index in [0.717, 1.165) is 17.9 Å². The highest BCUT2D eigenvalue weighted by atomic mass is 19.1. The molecule has 0 saturated carbocycles. The van der Waals surface area contributed by atoms with Gasteiger partial charge in [-0.15, -0.1) is 0 Å². The molecule has 2 aromatic rings. The molecule has 0 aliphatic heterocycles. The largest absolute Gasteiger partial charge is 0.497 e. The second-order valence-electron chi connectivity index (χ2n) is 5.97. The molecule has 28 heavy (non-hydrogen) atoms. The van der Waals surface area contributed by atoms with Crippen LogP contribution in [0.4, 0.5) is 8.78 Å². The number of methoxy groups -OCH3 is 1. The van der Waals surface area contributed by atoms with Crippen molar-refractivity contribution in [1.29, 1.82) is 0 Å². The molecular weight excluding hydrogens is 370 g/mol. The fraction of sp³-hybridized carbons (Fsp3) is 0.300. The highest BCUT2D eigenvalue weighted by molar-refractivity contribution is 5.94. The van der Waals surface area contributed by atoms with Crippen molar-refractivity contribution in [2.75, 3.05) is 33.9 Å². The van der Waals surface area contributed by atoms with Crippen molar-refractivity contribution in [3.05, 3.63) is 59.7 Å². The SMILES string of the molecule is COc1ccc(OCCN(C)C(=O)CCNC(=O)c2ccc(F)cc2F)cc1. The van der Waals surface area contributed by atoms with Crippen molar-refractivity contribution in [3.63, 3.8) is 0 Å². The van der Waals surface area contributed by atoms with Crippen LogP contribution in [0.15, 0.2) is 42.5 Å². The van der Waals surface area contributed by atoms with Gasteiger partial charge in [-0.05, 0) is 36.4 Å². The Kier molecular flexibility index (Phi) is 7.74. The average Bonchev–Trinajstić information content (AvgIpc) is 2.68. The summed E-state index contributed by atoms with van der Waals surface area (Å²) in [7, 11) is 3.20. The molecule has 2 amide bonds. The Morgan fingerprint density at radius 3 is 2.39 bits per heavy atom. The number of carbonyl (C=O) groups is 2. The average molecular weight is 392 g/mol. The van der Waals surface area contributed by atoms with E-state index in [9.17, 15) is 18.4 Å². The van der Waals surface area contributed by atoms with Crippen LogP contribution in [0.25, 0.3) is 0 Å². The monoisotopic (exact) mass is 392 g/mol. The zero-order chi connectivity index (χ0) is 20.5. The normalized spacial score (nSPS) is 10.3. The third-order valence-corrected chi connectivity index (χ3v) is 3.98. The lowest BCUT2D eigenvalue weighted by Crippen LogP contribution is -2.34. The number of nitrogens with one attached hydrogen (secondary N) is 1. The smallest absolute Gasteiger partial charge is 0.254 e. The van der Waals surface area contributed by atoms with Crippen LogP contribution in [0.5, 0.6) is 11.5 Å². The molecule has 0 aliphatic rings. The number of halogens is 2. The lowest BCUT2D eigenvalue weighted by molar-refractivity contribution is -0.130. The van der Waals surface area contributed by atoms with E-state index in [-0.39, 0.29) is 24.4 Å². The van der Waals surface area contributed by atoms with E-state index in [2.05, 4.69) is 5.32 Å².